The number of nitrogens with zero attached hydrogens (tertiary/aromatic N) is 4. The number of imidazole rings is 1. The van der Waals surface area contributed by atoms with Crippen LogP contribution in [0.2, 0.25) is 0 Å². The molecule has 0 radical (unpaired) electrons. The molecule has 3 N–H and O–H groups in total. The maximum absolute atomic E-state index is 12.0. The number of hydrogen-bond acceptors (Lipinski definition) is 10. The largest absolute Gasteiger partial charge is 0.472 e. The number of hydrogen-bond donors (Lipinski definition) is 3. The molecule has 2 aliphatic heterocycles. The summed E-state index contributed by atoms with van der Waals surface area (Å²) in [5.74, 6) is 0.608. The van der Waals surface area contributed by atoms with Crippen molar-refractivity contribution in [3.63, 3.8) is 0 Å². The van der Waals surface area contributed by atoms with E-state index < -0.39 is 31.3 Å². The lowest BCUT2D eigenvalue weighted by atomic mass is 10.1. The van der Waals surface area contributed by atoms with E-state index >= 15 is 0 Å². The van der Waals surface area contributed by atoms with Gasteiger partial charge in [-0.2, -0.15) is 0 Å². The van der Waals surface area contributed by atoms with E-state index in [0.29, 0.717) is 22.6 Å². The van der Waals surface area contributed by atoms with Crippen LogP contribution in [0.5, 0.6) is 0 Å². The highest BCUT2D eigenvalue weighted by atomic mass is 32.7. The quantitative estimate of drug-likeness (QED) is 0.417. The van der Waals surface area contributed by atoms with Crippen LogP contribution < -0.4 is 5.73 Å². The molecule has 13 heteroatoms. The fourth-order valence-electron chi connectivity index (χ4n) is 3.31. The summed E-state index contributed by atoms with van der Waals surface area (Å²) in [7, 11) is 0. The minimum atomic E-state index is -3.54. The first kappa shape index (κ1) is 17.2. The number of furan rings is 1. The summed E-state index contributed by atoms with van der Waals surface area (Å²) >= 11 is 3.86. The van der Waals surface area contributed by atoms with Crippen molar-refractivity contribution in [1.82, 2.24) is 19.5 Å². The van der Waals surface area contributed by atoms with Gasteiger partial charge in [-0.25, -0.2) is 19.5 Å². The van der Waals surface area contributed by atoms with Crippen molar-refractivity contribution < 1.29 is 27.9 Å². The van der Waals surface area contributed by atoms with Gasteiger partial charge in [0.05, 0.1) is 18.4 Å². The van der Waals surface area contributed by atoms with Crippen molar-refractivity contribution in [2.24, 2.45) is 0 Å². The van der Waals surface area contributed by atoms with Crippen LogP contribution in [-0.2, 0) is 18.3 Å². The highest BCUT2D eigenvalue weighted by molar-refractivity contribution is 8.44. The summed E-state index contributed by atoms with van der Waals surface area (Å²) in [5.41, 5.74) is 7.30. The summed E-state index contributed by atoms with van der Waals surface area (Å²) in [6.07, 6.45) is 0.683. The Morgan fingerprint density at radius 3 is 3.04 bits per heavy atom. The number of aromatic nitrogens is 4. The first-order valence-electron chi connectivity index (χ1n) is 7.95. The molecule has 3 aromatic rings. The van der Waals surface area contributed by atoms with Crippen molar-refractivity contribution in [3.05, 3.63) is 24.9 Å². The molecule has 0 saturated carbocycles. The monoisotopic (exact) mass is 411 g/mol. The highest BCUT2D eigenvalue weighted by Crippen LogP contribution is 2.59. The Kier molecular flexibility index (Phi) is 3.83. The second-order valence-electron chi connectivity index (χ2n) is 6.14. The van der Waals surface area contributed by atoms with Gasteiger partial charge < -0.3 is 20.0 Å². The zero-order chi connectivity index (χ0) is 18.8. The first-order valence-corrected chi connectivity index (χ1v) is 10.6. The fourth-order valence-corrected chi connectivity index (χ4v) is 4.80. The zero-order valence-corrected chi connectivity index (χ0v) is 15.4. The number of fused-ring (bicyclic) bond motifs is 2. The van der Waals surface area contributed by atoms with Gasteiger partial charge in [-0.05, 0) is 6.07 Å². The second-order valence-corrected chi connectivity index (χ2v) is 9.01. The maximum Gasteiger partial charge on any atom is 0.386 e. The lowest BCUT2D eigenvalue weighted by Crippen LogP contribution is -2.38. The average Bonchev–Trinajstić information content (AvgIpc) is 3.33. The van der Waals surface area contributed by atoms with Gasteiger partial charge in [-0.1, -0.05) is 12.2 Å². The molecule has 11 nitrogen and oxygen atoms in total. The number of aliphatic hydroxyl groups is 1. The van der Waals surface area contributed by atoms with Crippen LogP contribution in [0.1, 0.15) is 6.23 Å². The molecule has 0 bridgehead atoms. The smallest absolute Gasteiger partial charge is 0.386 e. The third-order valence-corrected chi connectivity index (χ3v) is 6.12. The molecule has 0 spiro atoms. The molecule has 5 heterocycles. The minimum absolute atomic E-state index is 0.0240. The van der Waals surface area contributed by atoms with Gasteiger partial charge in [0.1, 0.15) is 36.7 Å². The van der Waals surface area contributed by atoms with Gasteiger partial charge in [0.2, 0.25) is 0 Å². The number of ether oxygens (including phenoxy) is 1. The SMILES string of the molecule is Nc1ncnc2c1nc(-c1ccoc1)n2C1OC2COP(=O)(S)OC2C1O. The Hall–Kier alpha value is -1.95. The van der Waals surface area contributed by atoms with Crippen LogP contribution in [0.25, 0.3) is 22.6 Å². The molecule has 0 aromatic carbocycles. The molecule has 5 atom stereocenters. The van der Waals surface area contributed by atoms with Gasteiger partial charge in [0.15, 0.2) is 23.2 Å². The number of nitrogens with two attached hydrogens (primary N) is 1. The molecule has 2 fully saturated rings. The van der Waals surface area contributed by atoms with E-state index in [9.17, 15) is 9.67 Å². The molecule has 2 saturated heterocycles. The Morgan fingerprint density at radius 1 is 1.41 bits per heavy atom. The maximum atomic E-state index is 12.0. The Balaban J connectivity index is 1.66. The molecule has 0 aliphatic carbocycles. The normalized spacial score (nSPS) is 33.4. The predicted octanol–water partition coefficient (Wildman–Crippen LogP) is 1.38. The van der Waals surface area contributed by atoms with E-state index in [-0.39, 0.29) is 12.4 Å². The third-order valence-electron chi connectivity index (χ3n) is 4.51. The number of thiol groups is 1. The molecule has 0 amide bonds. The van der Waals surface area contributed by atoms with Gasteiger partial charge >= 0.3 is 6.80 Å². The zero-order valence-electron chi connectivity index (χ0n) is 13.6. The van der Waals surface area contributed by atoms with Crippen LogP contribution in [0.3, 0.4) is 0 Å². The summed E-state index contributed by atoms with van der Waals surface area (Å²) < 4.78 is 35.1. The lowest BCUT2D eigenvalue weighted by molar-refractivity contribution is -0.0555. The third kappa shape index (κ3) is 2.68. The van der Waals surface area contributed by atoms with Crippen LogP contribution in [-0.4, -0.2) is 49.5 Å². The molecule has 3 aromatic heterocycles. The number of rotatable bonds is 2. The van der Waals surface area contributed by atoms with Crippen molar-refractivity contribution in [2.75, 3.05) is 12.3 Å². The lowest BCUT2D eigenvalue weighted by Gasteiger charge is -2.28. The van der Waals surface area contributed by atoms with Crippen LogP contribution in [0.4, 0.5) is 5.82 Å². The Labute approximate surface area is 157 Å². The number of anilines is 1. The van der Waals surface area contributed by atoms with E-state index in [0.717, 1.165) is 0 Å². The van der Waals surface area contributed by atoms with E-state index in [4.69, 9.17) is 23.9 Å². The van der Waals surface area contributed by atoms with Crippen LogP contribution >= 0.6 is 19.0 Å². The van der Waals surface area contributed by atoms with E-state index in [2.05, 4.69) is 27.2 Å². The van der Waals surface area contributed by atoms with E-state index in [1.165, 1.54) is 18.9 Å². The fraction of sp³-hybridized carbons (Fsp3) is 0.357. The molecule has 5 unspecified atom stereocenters. The number of nitrogen functional groups attached to an aromatic ring is 1. The summed E-state index contributed by atoms with van der Waals surface area (Å²) in [6, 6.07) is 1.71. The molecule has 142 valence electrons. The van der Waals surface area contributed by atoms with E-state index in [1.807, 2.05) is 0 Å². The summed E-state index contributed by atoms with van der Waals surface area (Å²) in [4.78, 5) is 12.7. The Morgan fingerprint density at radius 2 is 2.26 bits per heavy atom. The van der Waals surface area contributed by atoms with Crippen molar-refractivity contribution in [3.8, 4) is 11.4 Å². The van der Waals surface area contributed by atoms with Gasteiger partial charge in [-0.15, -0.1) is 0 Å². The van der Waals surface area contributed by atoms with Gasteiger partial charge in [0.25, 0.3) is 0 Å². The molecule has 27 heavy (non-hydrogen) atoms. The molecule has 2 aliphatic rings. The predicted molar refractivity (Wildman–Crippen MR) is 94.8 cm³/mol. The Bertz CT molecular complexity index is 1060. The molecular formula is C14H14N5O6PS. The van der Waals surface area contributed by atoms with E-state index in [1.54, 1.807) is 10.6 Å². The molecule has 5 rings (SSSR count). The first-order chi connectivity index (χ1) is 12.9. The topological polar surface area (TPSA) is 148 Å². The standard InChI is InChI=1S/C14H14N5O6PS/c15-11-8-13(17-5-16-11)19(12(18-8)6-1-2-22-3-6)14-9(20)10-7(24-14)4-23-26(21,27)25-10/h1-3,5,7,9-10,14,20H,4H2,(H,21,27)(H2,15,16,17). The van der Waals surface area contributed by atoms with Crippen molar-refractivity contribution >= 4 is 36.0 Å². The molecular weight excluding hydrogens is 397 g/mol. The summed E-state index contributed by atoms with van der Waals surface area (Å²) in [6.45, 7) is -3.57. The van der Waals surface area contributed by atoms with Crippen molar-refractivity contribution in [2.45, 2.75) is 24.5 Å². The average molecular weight is 411 g/mol. The van der Waals surface area contributed by atoms with Crippen LogP contribution in [0, 0.1) is 0 Å². The second kappa shape index (κ2) is 6.03. The number of aliphatic hydroxyl groups excluding tert-OH is 1. The van der Waals surface area contributed by atoms with Gasteiger partial charge in [-0.3, -0.25) is 13.6 Å². The minimum Gasteiger partial charge on any atom is -0.472 e. The van der Waals surface area contributed by atoms with Gasteiger partial charge in [0, 0.05) is 0 Å². The summed E-state index contributed by atoms with van der Waals surface area (Å²) in [5, 5.41) is 10.8. The van der Waals surface area contributed by atoms with Crippen molar-refractivity contribution in [1.29, 1.82) is 0 Å². The van der Waals surface area contributed by atoms with Crippen LogP contribution in [0.15, 0.2) is 29.3 Å². The highest BCUT2D eigenvalue weighted by Gasteiger charge is 2.52.